The second kappa shape index (κ2) is 5.81. The number of hydrogen-bond acceptors (Lipinski definition) is 3. The van der Waals surface area contributed by atoms with E-state index in [0.29, 0.717) is 5.25 Å². The van der Waals surface area contributed by atoms with Gasteiger partial charge >= 0.3 is 0 Å². The summed E-state index contributed by atoms with van der Waals surface area (Å²) in [7, 11) is 0. The zero-order valence-corrected chi connectivity index (χ0v) is 12.8. The second-order valence-electron chi connectivity index (χ2n) is 5.17. The topological polar surface area (TPSA) is 30.7 Å². The number of allylic oxidation sites excluding steroid dienone is 1. The number of nitrogens with zero attached hydrogens (tertiary/aromatic N) is 3. The molecule has 0 radical (unpaired) electrons. The lowest BCUT2D eigenvalue weighted by molar-refractivity contribution is 0.790. The highest BCUT2D eigenvalue weighted by Crippen LogP contribution is 2.40. The molecule has 0 spiro atoms. The van der Waals surface area contributed by atoms with E-state index in [2.05, 4.69) is 39.3 Å². The first-order valence-corrected chi connectivity index (χ1v) is 8.22. The van der Waals surface area contributed by atoms with Crippen LogP contribution >= 0.6 is 11.8 Å². The van der Waals surface area contributed by atoms with Crippen LogP contribution in [0.4, 0.5) is 0 Å². The summed E-state index contributed by atoms with van der Waals surface area (Å²) in [5, 5.41) is 7.46. The molecule has 2 aromatic heterocycles. The first-order chi connectivity index (χ1) is 10.9. The molecule has 4 heteroatoms. The van der Waals surface area contributed by atoms with Gasteiger partial charge in [0, 0.05) is 18.0 Å². The lowest BCUT2D eigenvalue weighted by atomic mass is 10.1. The predicted molar refractivity (Wildman–Crippen MR) is 90.9 cm³/mol. The summed E-state index contributed by atoms with van der Waals surface area (Å²) in [6, 6.07) is 16.5. The molecule has 0 fully saturated rings. The van der Waals surface area contributed by atoms with E-state index >= 15 is 0 Å². The molecule has 4 rings (SSSR count). The Morgan fingerprint density at radius 2 is 1.86 bits per heavy atom. The minimum absolute atomic E-state index is 0.434. The first kappa shape index (κ1) is 13.3. The maximum Gasteiger partial charge on any atom is 0.0932 e. The molecule has 3 aromatic rings. The molecule has 0 N–H and O–H groups in total. The molecule has 0 amide bonds. The summed E-state index contributed by atoms with van der Waals surface area (Å²) >= 11 is 1.86. The molecule has 22 heavy (non-hydrogen) atoms. The molecule has 0 bridgehead atoms. The van der Waals surface area contributed by atoms with Crippen molar-refractivity contribution >= 4 is 11.8 Å². The van der Waals surface area contributed by atoms with Crippen molar-refractivity contribution in [1.82, 2.24) is 14.8 Å². The number of aromatic nitrogens is 3. The Bertz CT molecular complexity index is 786. The normalized spacial score (nSPS) is 17.0. The highest BCUT2D eigenvalue weighted by atomic mass is 32.2. The van der Waals surface area contributed by atoms with Crippen LogP contribution < -0.4 is 0 Å². The first-order valence-electron chi connectivity index (χ1n) is 7.28. The molecule has 0 aliphatic carbocycles. The van der Waals surface area contributed by atoms with Crippen molar-refractivity contribution in [2.75, 3.05) is 0 Å². The standard InChI is InChI=1S/C18H15N3S/c1-2-5-15(6-3-1)21-17(18-7-4-12-22-18)13-16(20-21)14-8-10-19-11-9-14/h1-6,8-13,18H,7H2. The summed E-state index contributed by atoms with van der Waals surface area (Å²) in [5.74, 6) is 0. The highest BCUT2D eigenvalue weighted by Gasteiger charge is 2.21. The van der Waals surface area contributed by atoms with Gasteiger partial charge in [-0.05, 0) is 42.2 Å². The molecule has 3 heterocycles. The van der Waals surface area contributed by atoms with Gasteiger partial charge in [0.25, 0.3) is 0 Å². The monoisotopic (exact) mass is 305 g/mol. The molecule has 1 aliphatic rings. The number of hydrogen-bond donors (Lipinski definition) is 0. The molecule has 1 aliphatic heterocycles. The quantitative estimate of drug-likeness (QED) is 0.707. The molecule has 108 valence electrons. The predicted octanol–water partition coefficient (Wildman–Crippen LogP) is 4.63. The van der Waals surface area contributed by atoms with Crippen LogP contribution in [0.5, 0.6) is 0 Å². The molecule has 0 saturated carbocycles. The van der Waals surface area contributed by atoms with Gasteiger partial charge in [0.2, 0.25) is 0 Å². The average molecular weight is 305 g/mol. The molecule has 3 nitrogen and oxygen atoms in total. The van der Waals surface area contributed by atoms with E-state index in [1.54, 1.807) is 0 Å². The van der Waals surface area contributed by atoms with Gasteiger partial charge in [-0.25, -0.2) is 4.68 Å². The van der Waals surface area contributed by atoms with Crippen molar-refractivity contribution in [3.63, 3.8) is 0 Å². The van der Waals surface area contributed by atoms with E-state index in [9.17, 15) is 0 Å². The van der Waals surface area contributed by atoms with Crippen LogP contribution in [0.25, 0.3) is 16.9 Å². The third-order valence-corrected chi connectivity index (χ3v) is 4.84. The smallest absolute Gasteiger partial charge is 0.0932 e. The van der Waals surface area contributed by atoms with Crippen LogP contribution in [0, 0.1) is 0 Å². The number of rotatable bonds is 3. The lowest BCUT2D eigenvalue weighted by Crippen LogP contribution is -2.03. The van der Waals surface area contributed by atoms with Gasteiger partial charge in [-0.3, -0.25) is 4.98 Å². The van der Waals surface area contributed by atoms with Crippen molar-refractivity contribution in [3.8, 4) is 16.9 Å². The van der Waals surface area contributed by atoms with E-state index in [0.717, 1.165) is 23.4 Å². The fourth-order valence-electron chi connectivity index (χ4n) is 2.64. The molecular weight excluding hydrogens is 290 g/mol. The maximum absolute atomic E-state index is 4.84. The van der Waals surface area contributed by atoms with Crippen LogP contribution in [0.2, 0.25) is 0 Å². The zero-order valence-electron chi connectivity index (χ0n) is 12.0. The van der Waals surface area contributed by atoms with Crippen molar-refractivity contribution in [2.24, 2.45) is 0 Å². The van der Waals surface area contributed by atoms with Gasteiger partial charge in [-0.15, -0.1) is 11.8 Å². The summed E-state index contributed by atoms with van der Waals surface area (Å²) in [6.45, 7) is 0. The number of pyridine rings is 1. The number of benzene rings is 1. The number of thioether (sulfide) groups is 1. The fourth-order valence-corrected chi connectivity index (χ4v) is 3.58. The van der Waals surface area contributed by atoms with Crippen LogP contribution in [0.15, 0.2) is 72.4 Å². The van der Waals surface area contributed by atoms with E-state index in [-0.39, 0.29) is 0 Å². The Hall–Kier alpha value is -2.33. The zero-order chi connectivity index (χ0) is 14.8. The minimum atomic E-state index is 0.434. The summed E-state index contributed by atoms with van der Waals surface area (Å²) in [4.78, 5) is 4.09. The van der Waals surface area contributed by atoms with Gasteiger partial charge < -0.3 is 0 Å². The van der Waals surface area contributed by atoms with Gasteiger partial charge in [0.15, 0.2) is 0 Å². The van der Waals surface area contributed by atoms with Gasteiger partial charge in [0.05, 0.1) is 22.3 Å². The van der Waals surface area contributed by atoms with Gasteiger partial charge in [0.1, 0.15) is 0 Å². The molecule has 1 unspecified atom stereocenters. The van der Waals surface area contributed by atoms with Gasteiger partial charge in [-0.1, -0.05) is 24.3 Å². The summed E-state index contributed by atoms with van der Waals surface area (Å²) < 4.78 is 2.07. The molecule has 1 atom stereocenters. The lowest BCUT2D eigenvalue weighted by Gasteiger charge is -2.11. The minimum Gasteiger partial charge on any atom is -0.265 e. The van der Waals surface area contributed by atoms with Gasteiger partial charge in [-0.2, -0.15) is 5.10 Å². The third kappa shape index (κ3) is 2.46. The van der Waals surface area contributed by atoms with Crippen LogP contribution in [0.1, 0.15) is 17.4 Å². The molecular formula is C18H15N3S. The van der Waals surface area contributed by atoms with E-state index in [1.165, 1.54) is 5.69 Å². The fraction of sp³-hybridized carbons (Fsp3) is 0.111. The van der Waals surface area contributed by atoms with Crippen molar-refractivity contribution in [1.29, 1.82) is 0 Å². The van der Waals surface area contributed by atoms with E-state index in [1.807, 2.05) is 54.5 Å². The second-order valence-corrected chi connectivity index (χ2v) is 6.28. The summed E-state index contributed by atoms with van der Waals surface area (Å²) in [5.41, 5.74) is 4.44. The Kier molecular flexibility index (Phi) is 3.52. The highest BCUT2D eigenvalue weighted by molar-refractivity contribution is 8.02. The van der Waals surface area contributed by atoms with E-state index in [4.69, 9.17) is 5.10 Å². The third-order valence-electron chi connectivity index (χ3n) is 3.73. The Labute approximate surface area is 133 Å². The Balaban J connectivity index is 1.83. The van der Waals surface area contributed by atoms with Crippen molar-refractivity contribution < 1.29 is 0 Å². The average Bonchev–Trinajstić information content (AvgIpc) is 3.26. The largest absolute Gasteiger partial charge is 0.265 e. The van der Waals surface area contributed by atoms with Crippen molar-refractivity contribution in [2.45, 2.75) is 11.7 Å². The van der Waals surface area contributed by atoms with Crippen LogP contribution in [-0.4, -0.2) is 14.8 Å². The Morgan fingerprint density at radius 1 is 1.05 bits per heavy atom. The van der Waals surface area contributed by atoms with Crippen LogP contribution in [-0.2, 0) is 0 Å². The van der Waals surface area contributed by atoms with Crippen molar-refractivity contribution in [3.05, 3.63) is 78.1 Å². The molecule has 0 saturated heterocycles. The summed E-state index contributed by atoms with van der Waals surface area (Å²) in [6.07, 6.45) is 6.90. The van der Waals surface area contributed by atoms with Crippen LogP contribution in [0.3, 0.4) is 0 Å². The molecule has 1 aromatic carbocycles. The SMILES string of the molecule is C1=CSC(c2cc(-c3ccncc3)nn2-c2ccccc2)C1. The Morgan fingerprint density at radius 3 is 2.59 bits per heavy atom. The number of para-hydroxylation sites is 1. The maximum atomic E-state index is 4.84. The van der Waals surface area contributed by atoms with E-state index < -0.39 is 0 Å².